The second kappa shape index (κ2) is 7.34. The molecule has 0 fully saturated rings. The van der Waals surface area contributed by atoms with Crippen molar-refractivity contribution in [2.45, 2.75) is 39.8 Å². The lowest BCUT2D eigenvalue weighted by molar-refractivity contribution is 0.262. The Morgan fingerprint density at radius 3 is 1.41 bits per heavy atom. The van der Waals surface area contributed by atoms with Gasteiger partial charge in [0.2, 0.25) is 0 Å². The average Bonchev–Trinajstić information content (AvgIpc) is 2.46. The fourth-order valence-corrected chi connectivity index (χ4v) is 3.49. The van der Waals surface area contributed by atoms with E-state index in [0.717, 1.165) is 11.1 Å². The lowest BCUT2D eigenvalue weighted by Crippen LogP contribution is -2.31. The Morgan fingerprint density at radius 1 is 0.773 bits per heavy atom. The highest BCUT2D eigenvalue weighted by Crippen LogP contribution is 2.44. The topological polar surface area (TPSA) is 43.7 Å². The maximum absolute atomic E-state index is 9.93. The Hall–Kier alpha value is -1.25. The molecule has 0 aliphatic rings. The third kappa shape index (κ3) is 3.93. The van der Waals surface area contributed by atoms with Gasteiger partial charge in [-0.05, 0) is 38.8 Å². The molecular formula is C18H24NO2P. The van der Waals surface area contributed by atoms with Gasteiger partial charge in [0.25, 0.3) is 8.53 Å². The molecule has 2 N–H and O–H groups in total. The SMILES string of the molecule is Cc1ccc(C(c2ccc(C)cc2)N(C(C)C)P(O)O)cc1. The van der Waals surface area contributed by atoms with Gasteiger partial charge in [-0.2, -0.15) is 0 Å². The summed E-state index contributed by atoms with van der Waals surface area (Å²) in [6.45, 7) is 8.07. The van der Waals surface area contributed by atoms with Crippen LogP contribution in [0.3, 0.4) is 0 Å². The van der Waals surface area contributed by atoms with Crippen molar-refractivity contribution in [1.82, 2.24) is 4.67 Å². The van der Waals surface area contributed by atoms with Crippen LogP contribution in [-0.2, 0) is 0 Å². The summed E-state index contributed by atoms with van der Waals surface area (Å²) < 4.78 is 1.77. The number of rotatable bonds is 5. The van der Waals surface area contributed by atoms with Gasteiger partial charge in [-0.15, -0.1) is 0 Å². The Morgan fingerprint density at radius 2 is 1.14 bits per heavy atom. The molecule has 0 saturated carbocycles. The molecule has 4 heteroatoms. The maximum Gasteiger partial charge on any atom is 0.254 e. The van der Waals surface area contributed by atoms with E-state index in [1.807, 2.05) is 13.8 Å². The number of nitrogens with zero attached hydrogens (tertiary/aromatic N) is 1. The predicted octanol–water partition coefficient (Wildman–Crippen LogP) is 4.31. The van der Waals surface area contributed by atoms with Crippen molar-refractivity contribution in [3.05, 3.63) is 70.8 Å². The highest BCUT2D eigenvalue weighted by molar-refractivity contribution is 7.42. The van der Waals surface area contributed by atoms with E-state index < -0.39 is 8.53 Å². The molecule has 3 nitrogen and oxygen atoms in total. The van der Waals surface area contributed by atoms with Gasteiger partial charge in [-0.25, -0.2) is 4.67 Å². The predicted molar refractivity (Wildman–Crippen MR) is 92.5 cm³/mol. The first-order valence-corrected chi connectivity index (χ1v) is 8.69. The molecule has 22 heavy (non-hydrogen) atoms. The largest absolute Gasteiger partial charge is 0.338 e. The maximum atomic E-state index is 9.93. The number of aryl methyl sites for hydroxylation is 2. The first kappa shape index (κ1) is 17.1. The highest BCUT2D eigenvalue weighted by Gasteiger charge is 2.30. The van der Waals surface area contributed by atoms with E-state index in [9.17, 15) is 9.79 Å². The van der Waals surface area contributed by atoms with Crippen LogP contribution in [-0.4, -0.2) is 20.5 Å². The zero-order valence-corrected chi connectivity index (χ0v) is 14.5. The Balaban J connectivity index is 2.52. The van der Waals surface area contributed by atoms with Crippen LogP contribution in [0.25, 0.3) is 0 Å². The van der Waals surface area contributed by atoms with E-state index in [0.29, 0.717) is 0 Å². The summed E-state index contributed by atoms with van der Waals surface area (Å²) in [6.07, 6.45) is 0. The van der Waals surface area contributed by atoms with Crippen LogP contribution in [0.2, 0.25) is 0 Å². The molecule has 0 heterocycles. The third-order valence-electron chi connectivity index (χ3n) is 3.79. The van der Waals surface area contributed by atoms with Crippen molar-refractivity contribution in [3.63, 3.8) is 0 Å². The minimum absolute atomic E-state index is 0.0220. The van der Waals surface area contributed by atoms with Gasteiger partial charge in [0.15, 0.2) is 0 Å². The molecule has 2 aromatic rings. The molecular weight excluding hydrogens is 293 g/mol. The summed E-state index contributed by atoms with van der Waals surface area (Å²) in [6, 6.07) is 16.4. The first-order chi connectivity index (χ1) is 10.4. The van der Waals surface area contributed by atoms with E-state index in [4.69, 9.17) is 0 Å². The minimum atomic E-state index is -2.17. The van der Waals surface area contributed by atoms with Crippen molar-refractivity contribution in [2.24, 2.45) is 0 Å². The van der Waals surface area contributed by atoms with Gasteiger partial charge in [0, 0.05) is 6.04 Å². The summed E-state index contributed by atoms with van der Waals surface area (Å²) in [7, 11) is -2.17. The molecule has 0 unspecified atom stereocenters. The van der Waals surface area contributed by atoms with Crippen molar-refractivity contribution in [2.75, 3.05) is 0 Å². The van der Waals surface area contributed by atoms with E-state index in [1.54, 1.807) is 4.67 Å². The molecule has 0 aliphatic heterocycles. The summed E-state index contributed by atoms with van der Waals surface area (Å²) in [5.74, 6) is 0. The van der Waals surface area contributed by atoms with E-state index in [2.05, 4.69) is 62.4 Å². The standard InChI is InChI=1S/C18H24NO2P/c1-13(2)19(22(20)21)18(16-9-5-14(3)6-10-16)17-11-7-15(4)8-12-17/h5-13,18,20-21H,1-4H3. The molecule has 0 bridgehead atoms. The second-order valence-corrected chi connectivity index (χ2v) is 6.96. The summed E-state index contributed by atoms with van der Waals surface area (Å²) in [4.78, 5) is 19.9. The van der Waals surface area contributed by atoms with Crippen LogP contribution in [0.4, 0.5) is 0 Å². The molecule has 0 atom stereocenters. The number of hydrogen-bond acceptors (Lipinski definition) is 3. The van der Waals surface area contributed by atoms with Crippen LogP contribution in [0.1, 0.15) is 42.1 Å². The van der Waals surface area contributed by atoms with Gasteiger partial charge in [0.05, 0.1) is 6.04 Å². The third-order valence-corrected chi connectivity index (χ3v) is 4.89. The summed E-state index contributed by atoms with van der Waals surface area (Å²) in [5.41, 5.74) is 4.52. The fourth-order valence-electron chi connectivity index (χ4n) is 2.60. The molecule has 0 aromatic heterocycles. The lowest BCUT2D eigenvalue weighted by atomic mass is 9.96. The Labute approximate surface area is 134 Å². The van der Waals surface area contributed by atoms with Gasteiger partial charge < -0.3 is 9.79 Å². The molecule has 118 valence electrons. The fraction of sp³-hybridized carbons (Fsp3) is 0.333. The highest BCUT2D eigenvalue weighted by atomic mass is 31.2. The molecule has 2 rings (SSSR count). The zero-order chi connectivity index (χ0) is 16.3. The number of benzene rings is 2. The molecule has 0 spiro atoms. The first-order valence-electron chi connectivity index (χ1n) is 7.49. The molecule has 0 radical (unpaired) electrons. The van der Waals surface area contributed by atoms with Crippen LogP contribution in [0, 0.1) is 13.8 Å². The quantitative estimate of drug-likeness (QED) is 0.807. The van der Waals surface area contributed by atoms with E-state index in [-0.39, 0.29) is 12.1 Å². The van der Waals surface area contributed by atoms with Crippen molar-refractivity contribution >= 4 is 8.53 Å². The van der Waals surface area contributed by atoms with Crippen molar-refractivity contribution in [1.29, 1.82) is 0 Å². The van der Waals surface area contributed by atoms with Crippen molar-refractivity contribution < 1.29 is 9.79 Å². The Bertz CT molecular complexity index is 540. The molecule has 2 aromatic carbocycles. The van der Waals surface area contributed by atoms with Crippen LogP contribution < -0.4 is 0 Å². The van der Waals surface area contributed by atoms with Gasteiger partial charge in [-0.3, -0.25) is 0 Å². The minimum Gasteiger partial charge on any atom is -0.338 e. The molecule has 0 aliphatic carbocycles. The van der Waals surface area contributed by atoms with Gasteiger partial charge in [0.1, 0.15) is 0 Å². The molecule has 0 saturated heterocycles. The average molecular weight is 317 g/mol. The summed E-state index contributed by atoms with van der Waals surface area (Å²) in [5, 5.41) is 0. The van der Waals surface area contributed by atoms with Gasteiger partial charge in [-0.1, -0.05) is 59.7 Å². The second-order valence-electron chi connectivity index (χ2n) is 5.97. The van der Waals surface area contributed by atoms with Crippen LogP contribution in [0.5, 0.6) is 0 Å². The van der Waals surface area contributed by atoms with Crippen LogP contribution in [0.15, 0.2) is 48.5 Å². The zero-order valence-electron chi connectivity index (χ0n) is 13.6. The Kier molecular flexibility index (Phi) is 5.71. The monoisotopic (exact) mass is 317 g/mol. The smallest absolute Gasteiger partial charge is 0.254 e. The number of hydrogen-bond donors (Lipinski definition) is 2. The van der Waals surface area contributed by atoms with Crippen molar-refractivity contribution in [3.8, 4) is 0 Å². The van der Waals surface area contributed by atoms with E-state index >= 15 is 0 Å². The molecule has 0 amide bonds. The summed E-state index contributed by atoms with van der Waals surface area (Å²) >= 11 is 0. The van der Waals surface area contributed by atoms with Crippen LogP contribution >= 0.6 is 8.53 Å². The lowest BCUT2D eigenvalue weighted by Gasteiger charge is -2.35. The van der Waals surface area contributed by atoms with E-state index in [1.165, 1.54) is 11.1 Å². The van der Waals surface area contributed by atoms with Gasteiger partial charge >= 0.3 is 0 Å². The normalized spacial score (nSPS) is 11.9.